The van der Waals surface area contributed by atoms with Crippen molar-refractivity contribution in [3.8, 4) is 16.9 Å². The molecule has 0 radical (unpaired) electrons. The number of H-pyrrole nitrogens is 1. The molecule has 88 valence electrons. The third-order valence-electron chi connectivity index (χ3n) is 2.51. The standard InChI is InChI=1S/C13H13NO3/c1-16-12-6-4-3-5-10(12)9-7-11(14-8-9)13(15)17-2/h3-8,14H,1-2H3. The van der Waals surface area contributed by atoms with Gasteiger partial charge in [-0.3, -0.25) is 0 Å². The topological polar surface area (TPSA) is 51.3 Å². The van der Waals surface area contributed by atoms with E-state index >= 15 is 0 Å². The molecule has 1 heterocycles. The first kappa shape index (κ1) is 11.3. The van der Waals surface area contributed by atoms with E-state index in [0.29, 0.717) is 5.69 Å². The van der Waals surface area contributed by atoms with Gasteiger partial charge in [0.1, 0.15) is 11.4 Å². The van der Waals surface area contributed by atoms with E-state index in [4.69, 9.17) is 4.74 Å². The number of hydrogen-bond donors (Lipinski definition) is 1. The lowest BCUT2D eigenvalue weighted by Crippen LogP contribution is -2.00. The van der Waals surface area contributed by atoms with Crippen LogP contribution in [0.5, 0.6) is 5.75 Å². The number of methoxy groups -OCH3 is 2. The van der Waals surface area contributed by atoms with Crippen molar-refractivity contribution in [3.63, 3.8) is 0 Å². The fraction of sp³-hybridized carbons (Fsp3) is 0.154. The number of carbonyl (C=O) groups excluding carboxylic acids is 1. The Morgan fingerprint density at radius 1 is 1.24 bits per heavy atom. The van der Waals surface area contributed by atoms with E-state index in [1.54, 1.807) is 19.4 Å². The van der Waals surface area contributed by atoms with E-state index in [-0.39, 0.29) is 5.97 Å². The molecule has 1 aromatic heterocycles. The Morgan fingerprint density at radius 3 is 2.71 bits per heavy atom. The molecule has 1 aromatic carbocycles. The van der Waals surface area contributed by atoms with Gasteiger partial charge in [0.2, 0.25) is 0 Å². The van der Waals surface area contributed by atoms with Gasteiger partial charge in [-0.1, -0.05) is 18.2 Å². The minimum atomic E-state index is -0.383. The van der Waals surface area contributed by atoms with Crippen LogP contribution in [-0.4, -0.2) is 25.2 Å². The molecule has 2 aromatic rings. The summed E-state index contributed by atoms with van der Waals surface area (Å²) in [5, 5.41) is 0. The summed E-state index contributed by atoms with van der Waals surface area (Å²) in [5.41, 5.74) is 2.25. The van der Waals surface area contributed by atoms with Gasteiger partial charge in [0, 0.05) is 17.3 Å². The van der Waals surface area contributed by atoms with Crippen LogP contribution >= 0.6 is 0 Å². The summed E-state index contributed by atoms with van der Waals surface area (Å²) in [6.07, 6.45) is 1.75. The van der Waals surface area contributed by atoms with E-state index in [9.17, 15) is 4.79 Å². The fourth-order valence-corrected chi connectivity index (χ4v) is 1.66. The second kappa shape index (κ2) is 4.74. The number of rotatable bonds is 3. The molecule has 0 aliphatic carbocycles. The van der Waals surface area contributed by atoms with Gasteiger partial charge in [-0.05, 0) is 12.1 Å². The van der Waals surface area contributed by atoms with Gasteiger partial charge in [0.15, 0.2) is 0 Å². The molecule has 4 nitrogen and oxygen atoms in total. The zero-order valence-corrected chi connectivity index (χ0v) is 9.69. The molecule has 0 aliphatic heterocycles. The summed E-state index contributed by atoms with van der Waals surface area (Å²) < 4.78 is 9.91. The highest BCUT2D eigenvalue weighted by Crippen LogP contribution is 2.29. The van der Waals surface area contributed by atoms with Crippen molar-refractivity contribution in [2.75, 3.05) is 14.2 Å². The van der Waals surface area contributed by atoms with Crippen molar-refractivity contribution in [2.45, 2.75) is 0 Å². The molecule has 0 spiro atoms. The number of carbonyl (C=O) groups is 1. The van der Waals surface area contributed by atoms with Crippen LogP contribution in [-0.2, 0) is 4.74 Å². The van der Waals surface area contributed by atoms with Gasteiger partial charge in [-0.2, -0.15) is 0 Å². The number of para-hydroxylation sites is 1. The first-order valence-electron chi connectivity index (χ1n) is 5.16. The van der Waals surface area contributed by atoms with Crippen LogP contribution < -0.4 is 4.74 Å². The largest absolute Gasteiger partial charge is 0.496 e. The van der Waals surface area contributed by atoms with Crippen LogP contribution in [0.15, 0.2) is 36.5 Å². The number of nitrogens with one attached hydrogen (secondary N) is 1. The van der Waals surface area contributed by atoms with E-state index in [1.807, 2.05) is 24.3 Å². The smallest absolute Gasteiger partial charge is 0.354 e. The molecule has 17 heavy (non-hydrogen) atoms. The van der Waals surface area contributed by atoms with Crippen molar-refractivity contribution < 1.29 is 14.3 Å². The van der Waals surface area contributed by atoms with E-state index in [2.05, 4.69) is 9.72 Å². The Morgan fingerprint density at radius 2 is 2.00 bits per heavy atom. The van der Waals surface area contributed by atoms with Crippen molar-refractivity contribution in [3.05, 3.63) is 42.2 Å². The minimum absolute atomic E-state index is 0.383. The quantitative estimate of drug-likeness (QED) is 0.825. The highest BCUT2D eigenvalue weighted by molar-refractivity contribution is 5.89. The normalized spacial score (nSPS) is 10.0. The average molecular weight is 231 g/mol. The van der Waals surface area contributed by atoms with Gasteiger partial charge >= 0.3 is 5.97 Å². The third kappa shape index (κ3) is 2.15. The van der Waals surface area contributed by atoms with E-state index in [1.165, 1.54) is 7.11 Å². The maximum absolute atomic E-state index is 11.3. The summed E-state index contributed by atoms with van der Waals surface area (Å²) in [6.45, 7) is 0. The second-order valence-electron chi connectivity index (χ2n) is 3.49. The van der Waals surface area contributed by atoms with Crippen molar-refractivity contribution in [2.24, 2.45) is 0 Å². The summed E-state index contributed by atoms with van der Waals surface area (Å²) in [7, 11) is 2.97. The molecule has 2 rings (SSSR count). The van der Waals surface area contributed by atoms with Gasteiger partial charge in [-0.15, -0.1) is 0 Å². The average Bonchev–Trinajstić information content (AvgIpc) is 2.87. The molecular formula is C13H13NO3. The van der Waals surface area contributed by atoms with Gasteiger partial charge in [0.25, 0.3) is 0 Å². The van der Waals surface area contributed by atoms with Crippen LogP contribution in [0.4, 0.5) is 0 Å². The van der Waals surface area contributed by atoms with Crippen molar-refractivity contribution >= 4 is 5.97 Å². The maximum atomic E-state index is 11.3. The molecule has 4 heteroatoms. The molecule has 0 aliphatic rings. The Balaban J connectivity index is 2.40. The predicted molar refractivity (Wildman–Crippen MR) is 64.1 cm³/mol. The molecule has 0 bridgehead atoms. The summed E-state index contributed by atoms with van der Waals surface area (Å²) >= 11 is 0. The fourth-order valence-electron chi connectivity index (χ4n) is 1.66. The zero-order valence-electron chi connectivity index (χ0n) is 9.69. The first-order valence-corrected chi connectivity index (χ1v) is 5.16. The third-order valence-corrected chi connectivity index (χ3v) is 2.51. The van der Waals surface area contributed by atoms with Crippen LogP contribution in [0.25, 0.3) is 11.1 Å². The molecule has 1 N–H and O–H groups in total. The predicted octanol–water partition coefficient (Wildman–Crippen LogP) is 2.48. The second-order valence-corrected chi connectivity index (χ2v) is 3.49. The number of aromatic nitrogens is 1. The van der Waals surface area contributed by atoms with Gasteiger partial charge in [-0.25, -0.2) is 4.79 Å². The summed E-state index contributed by atoms with van der Waals surface area (Å²) in [5.74, 6) is 0.383. The number of benzene rings is 1. The molecule has 0 saturated carbocycles. The van der Waals surface area contributed by atoms with Gasteiger partial charge < -0.3 is 14.5 Å². The number of aromatic amines is 1. The highest BCUT2D eigenvalue weighted by atomic mass is 16.5. The zero-order chi connectivity index (χ0) is 12.3. The lowest BCUT2D eigenvalue weighted by Gasteiger charge is -2.05. The molecular weight excluding hydrogens is 218 g/mol. The van der Waals surface area contributed by atoms with Crippen LogP contribution in [0, 0.1) is 0 Å². The molecule has 0 atom stereocenters. The first-order chi connectivity index (χ1) is 8.26. The maximum Gasteiger partial charge on any atom is 0.354 e. The molecule has 0 amide bonds. The Labute approximate surface area is 99.2 Å². The number of hydrogen-bond acceptors (Lipinski definition) is 3. The summed E-state index contributed by atoms with van der Waals surface area (Å²) in [6, 6.07) is 9.37. The number of ether oxygens (including phenoxy) is 2. The molecule has 0 unspecified atom stereocenters. The number of esters is 1. The van der Waals surface area contributed by atoms with Crippen molar-refractivity contribution in [1.29, 1.82) is 0 Å². The van der Waals surface area contributed by atoms with Crippen LogP contribution in [0.2, 0.25) is 0 Å². The van der Waals surface area contributed by atoms with Crippen LogP contribution in [0.1, 0.15) is 10.5 Å². The lowest BCUT2D eigenvalue weighted by atomic mass is 10.1. The Kier molecular flexibility index (Phi) is 3.14. The van der Waals surface area contributed by atoms with E-state index < -0.39 is 0 Å². The van der Waals surface area contributed by atoms with Crippen LogP contribution in [0.3, 0.4) is 0 Å². The molecule has 0 fully saturated rings. The Hall–Kier alpha value is -2.23. The lowest BCUT2D eigenvalue weighted by molar-refractivity contribution is 0.0595. The van der Waals surface area contributed by atoms with Gasteiger partial charge in [0.05, 0.1) is 14.2 Å². The monoisotopic (exact) mass is 231 g/mol. The molecule has 0 saturated heterocycles. The van der Waals surface area contributed by atoms with Crippen molar-refractivity contribution in [1.82, 2.24) is 4.98 Å². The highest BCUT2D eigenvalue weighted by Gasteiger charge is 2.11. The van der Waals surface area contributed by atoms with E-state index in [0.717, 1.165) is 16.9 Å². The summed E-state index contributed by atoms with van der Waals surface area (Å²) in [4.78, 5) is 14.2. The Bertz CT molecular complexity index is 531. The minimum Gasteiger partial charge on any atom is -0.496 e. The SMILES string of the molecule is COC(=O)c1cc(-c2ccccc2OC)c[nH]1.